The van der Waals surface area contributed by atoms with Gasteiger partial charge in [-0.05, 0) is 37.8 Å². The predicted molar refractivity (Wildman–Crippen MR) is 48.1 cm³/mol. The molecule has 0 amide bonds. The van der Waals surface area contributed by atoms with Crippen LogP contribution in [0.3, 0.4) is 0 Å². The Balaban J connectivity index is 1.74. The number of nitrogens with one attached hydrogen (secondary N) is 1. The summed E-state index contributed by atoms with van der Waals surface area (Å²) in [6, 6.07) is 0.479. The van der Waals surface area contributed by atoms with Crippen molar-refractivity contribution in [3.8, 4) is 0 Å². The summed E-state index contributed by atoms with van der Waals surface area (Å²) in [6.07, 6.45) is 3.51. The van der Waals surface area contributed by atoms with Gasteiger partial charge in [-0.15, -0.1) is 0 Å². The van der Waals surface area contributed by atoms with Crippen molar-refractivity contribution in [1.29, 1.82) is 0 Å². The molecular formula is C9H14N4. The molecule has 2 fully saturated rings. The van der Waals surface area contributed by atoms with E-state index in [1.165, 1.54) is 13.1 Å². The zero-order chi connectivity index (χ0) is 8.84. The molecule has 1 saturated heterocycles. The molecule has 4 atom stereocenters. The van der Waals surface area contributed by atoms with Crippen molar-refractivity contribution >= 4 is 0 Å². The summed E-state index contributed by atoms with van der Waals surface area (Å²) >= 11 is 0. The van der Waals surface area contributed by atoms with Gasteiger partial charge in [-0.3, -0.25) is 0 Å². The quantitative estimate of drug-likeness (QED) is 0.708. The molecule has 2 heterocycles. The van der Waals surface area contributed by atoms with Gasteiger partial charge in [-0.25, -0.2) is 0 Å². The molecule has 1 aliphatic heterocycles. The van der Waals surface area contributed by atoms with Crippen LogP contribution in [-0.2, 0) is 0 Å². The van der Waals surface area contributed by atoms with Crippen LogP contribution in [0, 0.1) is 17.8 Å². The fraction of sp³-hybridized carbons (Fsp3) is 0.778. The molecule has 70 valence electrons. The Hall–Kier alpha value is -0.900. The van der Waals surface area contributed by atoms with Gasteiger partial charge in [0.1, 0.15) is 0 Å². The van der Waals surface area contributed by atoms with Crippen molar-refractivity contribution in [3.63, 3.8) is 0 Å². The van der Waals surface area contributed by atoms with Gasteiger partial charge in [0.25, 0.3) is 0 Å². The van der Waals surface area contributed by atoms with Crippen molar-refractivity contribution in [3.05, 3.63) is 12.4 Å². The van der Waals surface area contributed by atoms with E-state index in [4.69, 9.17) is 0 Å². The van der Waals surface area contributed by atoms with E-state index in [0.29, 0.717) is 6.04 Å². The summed E-state index contributed by atoms with van der Waals surface area (Å²) in [7, 11) is 0. The zero-order valence-electron chi connectivity index (χ0n) is 7.72. The van der Waals surface area contributed by atoms with Gasteiger partial charge in [0.15, 0.2) is 0 Å². The molecule has 13 heavy (non-hydrogen) atoms. The first-order valence-electron chi connectivity index (χ1n) is 4.94. The monoisotopic (exact) mass is 178 g/mol. The summed E-state index contributed by atoms with van der Waals surface area (Å²) in [5.74, 6) is 2.59. The van der Waals surface area contributed by atoms with E-state index in [-0.39, 0.29) is 0 Å². The lowest BCUT2D eigenvalue weighted by atomic mass is 10.1. The Kier molecular flexibility index (Phi) is 1.47. The van der Waals surface area contributed by atoms with Gasteiger partial charge in [0, 0.05) is 0 Å². The largest absolute Gasteiger partial charge is 0.316 e. The maximum atomic E-state index is 4.19. The molecule has 0 bridgehead atoms. The van der Waals surface area contributed by atoms with Crippen LogP contribution in [0.15, 0.2) is 12.4 Å². The van der Waals surface area contributed by atoms with Gasteiger partial charge in [0.2, 0.25) is 0 Å². The summed E-state index contributed by atoms with van der Waals surface area (Å²) in [6.45, 7) is 4.62. The standard InChI is InChI=1S/C9H14N4/c1-6(13-11-2-3-12-13)9-7-4-10-5-8(7)9/h2-3,6-10H,4-5H2,1H3/t6?,7-,8+,9?. The molecule has 0 spiro atoms. The number of nitrogens with zero attached hydrogens (tertiary/aromatic N) is 3. The Bertz CT molecular complexity index is 285. The molecule has 1 aliphatic carbocycles. The molecule has 4 nitrogen and oxygen atoms in total. The van der Waals surface area contributed by atoms with Crippen LogP contribution in [0.2, 0.25) is 0 Å². The molecule has 1 aromatic rings. The van der Waals surface area contributed by atoms with Crippen molar-refractivity contribution in [2.75, 3.05) is 13.1 Å². The second kappa shape index (κ2) is 2.54. The predicted octanol–water partition coefficient (Wildman–Crippen LogP) is 0.304. The summed E-state index contributed by atoms with van der Waals surface area (Å²) in [5, 5.41) is 11.8. The Morgan fingerprint density at radius 2 is 1.92 bits per heavy atom. The Labute approximate surface area is 77.3 Å². The average molecular weight is 178 g/mol. The maximum Gasteiger partial charge on any atom is 0.0722 e. The highest BCUT2D eigenvalue weighted by Crippen LogP contribution is 2.54. The van der Waals surface area contributed by atoms with Crippen LogP contribution in [0.25, 0.3) is 0 Å². The molecule has 1 saturated carbocycles. The van der Waals surface area contributed by atoms with E-state index in [0.717, 1.165) is 17.8 Å². The van der Waals surface area contributed by atoms with Crippen molar-refractivity contribution < 1.29 is 0 Å². The molecule has 4 heteroatoms. The number of rotatable bonds is 2. The first-order valence-corrected chi connectivity index (χ1v) is 4.94. The zero-order valence-corrected chi connectivity index (χ0v) is 7.72. The minimum absolute atomic E-state index is 0.479. The molecule has 3 rings (SSSR count). The highest BCUT2D eigenvalue weighted by atomic mass is 15.5. The van der Waals surface area contributed by atoms with E-state index in [1.807, 2.05) is 4.80 Å². The average Bonchev–Trinajstić information content (AvgIpc) is 2.68. The molecule has 0 radical (unpaired) electrons. The molecular weight excluding hydrogens is 164 g/mol. The smallest absolute Gasteiger partial charge is 0.0722 e. The van der Waals surface area contributed by atoms with E-state index >= 15 is 0 Å². The molecule has 2 unspecified atom stereocenters. The van der Waals surface area contributed by atoms with E-state index in [1.54, 1.807) is 12.4 Å². The first-order chi connectivity index (χ1) is 6.38. The Morgan fingerprint density at radius 3 is 2.54 bits per heavy atom. The van der Waals surface area contributed by atoms with Crippen LogP contribution in [0.5, 0.6) is 0 Å². The van der Waals surface area contributed by atoms with Crippen LogP contribution in [0.4, 0.5) is 0 Å². The van der Waals surface area contributed by atoms with Crippen molar-refractivity contribution in [1.82, 2.24) is 20.3 Å². The van der Waals surface area contributed by atoms with E-state index in [9.17, 15) is 0 Å². The second-order valence-electron chi connectivity index (χ2n) is 4.15. The van der Waals surface area contributed by atoms with Gasteiger partial charge < -0.3 is 5.32 Å². The molecule has 0 aromatic carbocycles. The first kappa shape index (κ1) is 7.50. The highest BCUT2D eigenvalue weighted by molar-refractivity contribution is 5.06. The van der Waals surface area contributed by atoms with Gasteiger partial charge in [-0.1, -0.05) is 0 Å². The topological polar surface area (TPSA) is 42.7 Å². The lowest BCUT2D eigenvalue weighted by molar-refractivity contribution is 0.352. The third-order valence-corrected chi connectivity index (χ3v) is 3.52. The number of hydrogen-bond acceptors (Lipinski definition) is 3. The lowest BCUT2D eigenvalue weighted by Crippen LogP contribution is -2.20. The van der Waals surface area contributed by atoms with Gasteiger partial charge >= 0.3 is 0 Å². The minimum atomic E-state index is 0.479. The van der Waals surface area contributed by atoms with E-state index < -0.39 is 0 Å². The van der Waals surface area contributed by atoms with Crippen LogP contribution in [0.1, 0.15) is 13.0 Å². The van der Waals surface area contributed by atoms with Crippen LogP contribution < -0.4 is 5.32 Å². The Morgan fingerprint density at radius 1 is 1.31 bits per heavy atom. The molecule has 2 aliphatic rings. The van der Waals surface area contributed by atoms with Crippen molar-refractivity contribution in [2.45, 2.75) is 13.0 Å². The maximum absolute atomic E-state index is 4.19. The fourth-order valence-electron chi connectivity index (χ4n) is 2.77. The van der Waals surface area contributed by atoms with Crippen LogP contribution in [-0.4, -0.2) is 28.1 Å². The van der Waals surface area contributed by atoms with Gasteiger partial charge in [-0.2, -0.15) is 15.0 Å². The lowest BCUT2D eigenvalue weighted by Gasteiger charge is -2.12. The second-order valence-corrected chi connectivity index (χ2v) is 4.15. The molecule has 1 aromatic heterocycles. The normalized spacial score (nSPS) is 38.7. The number of aromatic nitrogens is 3. The van der Waals surface area contributed by atoms with Gasteiger partial charge in [0.05, 0.1) is 18.4 Å². The third kappa shape index (κ3) is 1.01. The highest BCUT2D eigenvalue weighted by Gasteiger charge is 2.55. The fourth-order valence-corrected chi connectivity index (χ4v) is 2.77. The van der Waals surface area contributed by atoms with Crippen LogP contribution >= 0.6 is 0 Å². The summed E-state index contributed by atoms with van der Waals surface area (Å²) < 4.78 is 0. The third-order valence-electron chi connectivity index (χ3n) is 3.52. The number of piperidine rings is 1. The molecule has 1 N–H and O–H groups in total. The van der Waals surface area contributed by atoms with E-state index in [2.05, 4.69) is 22.4 Å². The number of fused-ring (bicyclic) bond motifs is 1. The number of hydrogen-bond donors (Lipinski definition) is 1. The summed E-state index contributed by atoms with van der Waals surface area (Å²) in [5.41, 5.74) is 0. The SMILES string of the molecule is CC(C1[C@H]2CNC[C@@H]12)n1nccn1. The minimum Gasteiger partial charge on any atom is -0.316 e. The summed E-state index contributed by atoms with van der Waals surface area (Å²) in [4.78, 5) is 1.85. The van der Waals surface area contributed by atoms with Crippen molar-refractivity contribution in [2.24, 2.45) is 17.8 Å².